The summed E-state index contributed by atoms with van der Waals surface area (Å²) in [5, 5.41) is 19.8. The van der Waals surface area contributed by atoms with Crippen molar-refractivity contribution in [2.75, 3.05) is 6.61 Å². The van der Waals surface area contributed by atoms with Crippen LogP contribution in [0.5, 0.6) is 0 Å². The van der Waals surface area contributed by atoms with Gasteiger partial charge in [0, 0.05) is 6.61 Å². The molecule has 120 valence electrons. The molecule has 2 N–H and O–H groups in total. The number of hydrogen-bond donors (Lipinski definition) is 2. The lowest BCUT2D eigenvalue weighted by molar-refractivity contribution is -0.409. The molecule has 1 heterocycles. The maximum absolute atomic E-state index is 9.91. The molecule has 1 fully saturated rings. The molecule has 5 nitrogen and oxygen atoms in total. The number of rotatable bonds is 5. The second kappa shape index (κ2) is 6.85. The van der Waals surface area contributed by atoms with Crippen LogP contribution in [-0.4, -0.2) is 49.6 Å². The van der Waals surface area contributed by atoms with E-state index in [0.717, 1.165) is 6.42 Å². The van der Waals surface area contributed by atoms with E-state index in [4.69, 9.17) is 14.2 Å². The van der Waals surface area contributed by atoms with Crippen LogP contribution in [0.2, 0.25) is 18.1 Å². The summed E-state index contributed by atoms with van der Waals surface area (Å²) in [6.07, 6.45) is -1.38. The van der Waals surface area contributed by atoms with Gasteiger partial charge in [-0.15, -0.1) is 0 Å². The van der Waals surface area contributed by atoms with Crippen molar-refractivity contribution in [3.8, 4) is 0 Å². The summed E-state index contributed by atoms with van der Waals surface area (Å²) in [5.41, 5.74) is 0. The Morgan fingerprint density at radius 3 is 2.25 bits per heavy atom. The zero-order chi connectivity index (χ0) is 15.6. The van der Waals surface area contributed by atoms with E-state index in [1.165, 1.54) is 0 Å². The first kappa shape index (κ1) is 18.1. The standard InChI is InChI=1S/C14H30O5Si/c1-10-12(15)13(16)11(19-18-10)8-7-9-17-20(5,6)14(2,3)4/h10-13,15-16H,7-9H2,1-6H3/t10-,11+,12-,13+/m1/s1. The summed E-state index contributed by atoms with van der Waals surface area (Å²) in [6, 6.07) is 0. The Balaban J connectivity index is 2.32. The minimum absolute atomic E-state index is 0.197. The van der Waals surface area contributed by atoms with Gasteiger partial charge in [-0.05, 0) is 37.9 Å². The van der Waals surface area contributed by atoms with Crippen LogP contribution >= 0.6 is 0 Å². The van der Waals surface area contributed by atoms with E-state index >= 15 is 0 Å². The fourth-order valence-electron chi connectivity index (χ4n) is 1.82. The van der Waals surface area contributed by atoms with Crippen LogP contribution in [0.25, 0.3) is 0 Å². The third kappa shape index (κ3) is 4.51. The number of aliphatic hydroxyl groups is 2. The summed E-state index contributed by atoms with van der Waals surface area (Å²) < 4.78 is 6.07. The quantitative estimate of drug-likeness (QED) is 0.463. The van der Waals surface area contributed by atoms with Gasteiger partial charge in [-0.3, -0.25) is 0 Å². The van der Waals surface area contributed by atoms with Gasteiger partial charge < -0.3 is 14.6 Å². The Kier molecular flexibility index (Phi) is 6.19. The van der Waals surface area contributed by atoms with Crippen molar-refractivity contribution < 1.29 is 24.4 Å². The normalized spacial score (nSPS) is 32.4. The molecule has 0 unspecified atom stereocenters. The molecule has 6 heteroatoms. The minimum Gasteiger partial charge on any atom is -0.417 e. The van der Waals surface area contributed by atoms with Gasteiger partial charge >= 0.3 is 0 Å². The maximum Gasteiger partial charge on any atom is 0.191 e. The smallest absolute Gasteiger partial charge is 0.191 e. The van der Waals surface area contributed by atoms with Crippen LogP contribution in [0, 0.1) is 0 Å². The van der Waals surface area contributed by atoms with E-state index in [2.05, 4.69) is 33.9 Å². The molecule has 0 spiro atoms. The molecule has 0 radical (unpaired) electrons. The molecule has 0 aromatic heterocycles. The van der Waals surface area contributed by atoms with Gasteiger partial charge in [0.05, 0.1) is 0 Å². The molecule has 4 atom stereocenters. The summed E-state index contributed by atoms with van der Waals surface area (Å²) in [4.78, 5) is 10.1. The summed E-state index contributed by atoms with van der Waals surface area (Å²) in [5.74, 6) is 0. The van der Waals surface area contributed by atoms with E-state index in [0.29, 0.717) is 13.0 Å². The maximum atomic E-state index is 9.91. The lowest BCUT2D eigenvalue weighted by Gasteiger charge is -2.37. The number of hydrogen-bond acceptors (Lipinski definition) is 5. The Bertz CT molecular complexity index is 302. The monoisotopic (exact) mass is 306 g/mol. The van der Waals surface area contributed by atoms with Crippen molar-refractivity contribution in [1.29, 1.82) is 0 Å². The van der Waals surface area contributed by atoms with Crippen molar-refractivity contribution in [2.45, 2.75) is 83.1 Å². The zero-order valence-electron chi connectivity index (χ0n) is 13.5. The van der Waals surface area contributed by atoms with E-state index in [1.54, 1.807) is 6.92 Å². The molecular formula is C14H30O5Si. The molecule has 1 aliphatic rings. The SMILES string of the molecule is C[C@H]1OO[C@@H](CCCO[Si](C)(C)C(C)(C)C)[C@H](O)[C@@H]1O. The average Bonchev–Trinajstić information content (AvgIpc) is 2.32. The largest absolute Gasteiger partial charge is 0.417 e. The molecule has 0 saturated carbocycles. The van der Waals surface area contributed by atoms with Crippen LogP contribution in [0.15, 0.2) is 0 Å². The molecule has 1 saturated heterocycles. The summed E-state index contributed by atoms with van der Waals surface area (Å²) in [6.45, 7) is 13.4. The molecule has 0 aromatic carbocycles. The van der Waals surface area contributed by atoms with Crippen LogP contribution in [-0.2, 0) is 14.2 Å². The van der Waals surface area contributed by atoms with Crippen LogP contribution < -0.4 is 0 Å². The lowest BCUT2D eigenvalue weighted by atomic mass is 10.00. The predicted molar refractivity (Wildman–Crippen MR) is 79.8 cm³/mol. The molecule has 20 heavy (non-hydrogen) atoms. The highest BCUT2D eigenvalue weighted by molar-refractivity contribution is 6.74. The van der Waals surface area contributed by atoms with Crippen molar-refractivity contribution in [1.82, 2.24) is 0 Å². The van der Waals surface area contributed by atoms with Gasteiger partial charge in [-0.1, -0.05) is 20.8 Å². The Morgan fingerprint density at radius 1 is 1.10 bits per heavy atom. The average molecular weight is 306 g/mol. The highest BCUT2D eigenvalue weighted by Gasteiger charge is 2.39. The van der Waals surface area contributed by atoms with Gasteiger partial charge in [0.2, 0.25) is 0 Å². The van der Waals surface area contributed by atoms with E-state index in [1.807, 2.05) is 0 Å². The van der Waals surface area contributed by atoms with Gasteiger partial charge in [-0.25, -0.2) is 9.78 Å². The first-order valence-electron chi connectivity index (χ1n) is 7.38. The Morgan fingerprint density at radius 2 is 1.70 bits per heavy atom. The van der Waals surface area contributed by atoms with E-state index < -0.39 is 32.7 Å². The number of aliphatic hydroxyl groups excluding tert-OH is 2. The first-order valence-corrected chi connectivity index (χ1v) is 10.3. The molecule has 1 rings (SSSR count). The molecule has 0 amide bonds. The first-order chi connectivity index (χ1) is 9.06. The zero-order valence-corrected chi connectivity index (χ0v) is 14.5. The van der Waals surface area contributed by atoms with Crippen LogP contribution in [0.1, 0.15) is 40.5 Å². The predicted octanol–water partition coefficient (Wildman–Crippen LogP) is 2.23. The van der Waals surface area contributed by atoms with Gasteiger partial charge in [0.1, 0.15) is 24.4 Å². The van der Waals surface area contributed by atoms with Crippen molar-refractivity contribution in [3.63, 3.8) is 0 Å². The van der Waals surface area contributed by atoms with Crippen LogP contribution in [0.4, 0.5) is 0 Å². The van der Waals surface area contributed by atoms with E-state index in [9.17, 15) is 10.2 Å². The fraction of sp³-hybridized carbons (Fsp3) is 1.00. The fourth-order valence-corrected chi connectivity index (χ4v) is 2.91. The van der Waals surface area contributed by atoms with E-state index in [-0.39, 0.29) is 5.04 Å². The third-order valence-corrected chi connectivity index (χ3v) is 8.98. The van der Waals surface area contributed by atoms with Crippen LogP contribution in [0.3, 0.4) is 0 Å². The highest BCUT2D eigenvalue weighted by Crippen LogP contribution is 2.36. The highest BCUT2D eigenvalue weighted by atomic mass is 28.4. The summed E-state index contributed by atoms with van der Waals surface area (Å²) >= 11 is 0. The Hall–Kier alpha value is 0.0169. The lowest BCUT2D eigenvalue weighted by Crippen LogP contribution is -2.50. The van der Waals surface area contributed by atoms with Gasteiger partial charge in [0.25, 0.3) is 0 Å². The molecule has 1 aliphatic heterocycles. The molecular weight excluding hydrogens is 276 g/mol. The second-order valence-electron chi connectivity index (χ2n) is 7.17. The topological polar surface area (TPSA) is 68.2 Å². The Labute approximate surface area is 123 Å². The van der Waals surface area contributed by atoms with Gasteiger partial charge in [0.15, 0.2) is 8.32 Å². The molecule has 0 aliphatic carbocycles. The molecule has 0 aromatic rings. The minimum atomic E-state index is -1.72. The van der Waals surface area contributed by atoms with Gasteiger partial charge in [-0.2, -0.15) is 0 Å². The second-order valence-corrected chi connectivity index (χ2v) is 12.0. The van der Waals surface area contributed by atoms with Crippen molar-refractivity contribution in [3.05, 3.63) is 0 Å². The third-order valence-electron chi connectivity index (χ3n) is 4.44. The summed E-state index contributed by atoms with van der Waals surface area (Å²) in [7, 11) is -1.72. The molecule has 0 bridgehead atoms. The van der Waals surface area contributed by atoms with Crippen molar-refractivity contribution in [2.24, 2.45) is 0 Å². The van der Waals surface area contributed by atoms with Crippen molar-refractivity contribution >= 4 is 8.32 Å².